The summed E-state index contributed by atoms with van der Waals surface area (Å²) < 4.78 is 32.0. The molecule has 0 atom stereocenters. The maximum absolute atomic E-state index is 12.8. The summed E-state index contributed by atoms with van der Waals surface area (Å²) in [7, 11) is -2.20. The van der Waals surface area contributed by atoms with Gasteiger partial charge in [0.15, 0.2) is 0 Å². The normalized spacial score (nSPS) is 15.7. The second-order valence-corrected chi connectivity index (χ2v) is 8.20. The Morgan fingerprint density at radius 3 is 2.27 bits per heavy atom. The molecule has 1 aliphatic heterocycles. The SMILES string of the molecule is COc1ccc(S(=O)(=O)N2CCN(C(=O)c3ccccc3)CC2)cc1Cl. The molecule has 0 radical (unpaired) electrons. The van der Waals surface area contributed by atoms with E-state index in [1.54, 1.807) is 29.2 Å². The average molecular weight is 395 g/mol. The first-order valence-electron chi connectivity index (χ1n) is 8.11. The van der Waals surface area contributed by atoms with Crippen LogP contribution in [0.2, 0.25) is 5.02 Å². The van der Waals surface area contributed by atoms with Gasteiger partial charge in [-0.15, -0.1) is 0 Å². The van der Waals surface area contributed by atoms with Crippen LogP contribution in [0.1, 0.15) is 10.4 Å². The van der Waals surface area contributed by atoms with Gasteiger partial charge in [0, 0.05) is 31.7 Å². The minimum atomic E-state index is -3.67. The van der Waals surface area contributed by atoms with Gasteiger partial charge >= 0.3 is 0 Å². The molecule has 26 heavy (non-hydrogen) atoms. The average Bonchev–Trinajstić information content (AvgIpc) is 2.68. The molecule has 0 aliphatic carbocycles. The summed E-state index contributed by atoms with van der Waals surface area (Å²) >= 11 is 6.05. The van der Waals surface area contributed by atoms with Crippen LogP contribution < -0.4 is 4.74 Å². The van der Waals surface area contributed by atoms with Crippen LogP contribution in [0, 0.1) is 0 Å². The molecule has 3 rings (SSSR count). The van der Waals surface area contributed by atoms with Gasteiger partial charge in [-0.1, -0.05) is 29.8 Å². The topological polar surface area (TPSA) is 66.9 Å². The Kier molecular flexibility index (Phi) is 5.50. The van der Waals surface area contributed by atoms with Crippen molar-refractivity contribution >= 4 is 27.5 Å². The maximum atomic E-state index is 12.8. The first kappa shape index (κ1) is 18.7. The molecule has 1 aliphatic rings. The van der Waals surface area contributed by atoms with Gasteiger partial charge in [-0.3, -0.25) is 4.79 Å². The third-order valence-corrected chi connectivity index (χ3v) is 6.50. The number of hydrogen-bond acceptors (Lipinski definition) is 4. The van der Waals surface area contributed by atoms with E-state index in [9.17, 15) is 13.2 Å². The van der Waals surface area contributed by atoms with Gasteiger partial charge in [0.1, 0.15) is 5.75 Å². The van der Waals surface area contributed by atoms with E-state index in [0.29, 0.717) is 24.4 Å². The van der Waals surface area contributed by atoms with E-state index in [-0.39, 0.29) is 28.9 Å². The minimum Gasteiger partial charge on any atom is -0.495 e. The molecule has 0 unspecified atom stereocenters. The number of carbonyl (C=O) groups is 1. The Morgan fingerprint density at radius 2 is 1.69 bits per heavy atom. The van der Waals surface area contributed by atoms with Crippen molar-refractivity contribution in [3.63, 3.8) is 0 Å². The lowest BCUT2D eigenvalue weighted by Gasteiger charge is -2.34. The number of nitrogens with zero attached hydrogens (tertiary/aromatic N) is 2. The molecule has 138 valence electrons. The lowest BCUT2D eigenvalue weighted by Crippen LogP contribution is -2.50. The molecule has 1 fully saturated rings. The van der Waals surface area contributed by atoms with Crippen LogP contribution in [0.3, 0.4) is 0 Å². The first-order valence-corrected chi connectivity index (χ1v) is 9.93. The summed E-state index contributed by atoms with van der Waals surface area (Å²) in [5, 5.41) is 0.242. The Hall–Kier alpha value is -2.09. The fraction of sp³-hybridized carbons (Fsp3) is 0.278. The Bertz CT molecular complexity index is 895. The molecule has 8 heteroatoms. The standard InChI is InChI=1S/C18H19ClN2O4S/c1-25-17-8-7-15(13-16(17)19)26(23,24)21-11-9-20(10-12-21)18(22)14-5-3-2-4-6-14/h2-8,13H,9-12H2,1H3. The second kappa shape index (κ2) is 7.65. The Labute approximate surface area is 158 Å². The number of halogens is 1. The summed E-state index contributed by atoms with van der Waals surface area (Å²) in [4.78, 5) is 14.3. The molecule has 0 aromatic heterocycles. The van der Waals surface area contributed by atoms with E-state index in [1.807, 2.05) is 6.07 Å². The third kappa shape index (κ3) is 3.70. The zero-order valence-electron chi connectivity index (χ0n) is 14.3. The number of benzene rings is 2. The van der Waals surface area contributed by atoms with Crippen molar-refractivity contribution in [1.29, 1.82) is 0 Å². The number of rotatable bonds is 4. The van der Waals surface area contributed by atoms with E-state index in [1.165, 1.54) is 29.6 Å². The summed E-state index contributed by atoms with van der Waals surface area (Å²) in [6.07, 6.45) is 0. The molecule has 0 spiro atoms. The van der Waals surface area contributed by atoms with Crippen LogP contribution in [-0.4, -0.2) is 56.8 Å². The minimum absolute atomic E-state index is 0.0878. The molecule has 6 nitrogen and oxygen atoms in total. The summed E-state index contributed by atoms with van der Waals surface area (Å²) in [5.74, 6) is 0.332. The highest BCUT2D eigenvalue weighted by Gasteiger charge is 2.30. The van der Waals surface area contributed by atoms with E-state index in [2.05, 4.69) is 0 Å². The fourth-order valence-electron chi connectivity index (χ4n) is 2.85. The summed E-state index contributed by atoms with van der Waals surface area (Å²) in [6.45, 7) is 1.17. The summed E-state index contributed by atoms with van der Waals surface area (Å²) in [5.41, 5.74) is 0.603. The van der Waals surface area contributed by atoms with Gasteiger partial charge in [0.05, 0.1) is 17.0 Å². The molecule has 2 aromatic rings. The van der Waals surface area contributed by atoms with Gasteiger partial charge < -0.3 is 9.64 Å². The Morgan fingerprint density at radius 1 is 1.04 bits per heavy atom. The van der Waals surface area contributed by atoms with Crippen molar-refractivity contribution in [2.45, 2.75) is 4.90 Å². The second-order valence-electron chi connectivity index (χ2n) is 5.86. The fourth-order valence-corrected chi connectivity index (χ4v) is 4.62. The molecule has 1 saturated heterocycles. The largest absolute Gasteiger partial charge is 0.495 e. The zero-order valence-corrected chi connectivity index (χ0v) is 15.8. The number of hydrogen-bond donors (Lipinski definition) is 0. The number of piperazine rings is 1. The van der Waals surface area contributed by atoms with Crippen LogP contribution in [0.25, 0.3) is 0 Å². The Balaban J connectivity index is 1.71. The summed E-state index contributed by atoms with van der Waals surface area (Å²) in [6, 6.07) is 13.4. The predicted octanol–water partition coefficient (Wildman–Crippen LogP) is 2.50. The van der Waals surface area contributed by atoms with Crippen LogP contribution in [-0.2, 0) is 10.0 Å². The van der Waals surface area contributed by atoms with Gasteiger partial charge in [0.2, 0.25) is 10.0 Å². The van der Waals surface area contributed by atoms with E-state index < -0.39 is 10.0 Å². The van der Waals surface area contributed by atoms with E-state index in [0.717, 1.165) is 0 Å². The number of sulfonamides is 1. The molecular formula is C18H19ClN2O4S. The highest BCUT2D eigenvalue weighted by Crippen LogP contribution is 2.28. The van der Waals surface area contributed by atoms with Crippen molar-refractivity contribution in [3.05, 3.63) is 59.1 Å². The molecule has 1 amide bonds. The monoisotopic (exact) mass is 394 g/mol. The zero-order chi connectivity index (χ0) is 18.7. The number of methoxy groups -OCH3 is 1. The lowest BCUT2D eigenvalue weighted by atomic mass is 10.2. The van der Waals surface area contributed by atoms with Crippen LogP contribution in [0.15, 0.2) is 53.4 Å². The smallest absolute Gasteiger partial charge is 0.253 e. The molecular weight excluding hydrogens is 376 g/mol. The molecule has 0 N–H and O–H groups in total. The van der Waals surface area contributed by atoms with E-state index in [4.69, 9.17) is 16.3 Å². The van der Waals surface area contributed by atoms with Crippen molar-refractivity contribution in [1.82, 2.24) is 9.21 Å². The maximum Gasteiger partial charge on any atom is 0.253 e. The third-order valence-electron chi connectivity index (χ3n) is 4.31. The van der Waals surface area contributed by atoms with Crippen LogP contribution in [0.5, 0.6) is 5.75 Å². The molecule has 0 saturated carbocycles. The number of ether oxygens (including phenoxy) is 1. The van der Waals surface area contributed by atoms with Gasteiger partial charge in [0.25, 0.3) is 5.91 Å². The van der Waals surface area contributed by atoms with Crippen molar-refractivity contribution < 1.29 is 17.9 Å². The van der Waals surface area contributed by atoms with Crippen molar-refractivity contribution in [2.75, 3.05) is 33.3 Å². The van der Waals surface area contributed by atoms with Crippen LogP contribution in [0.4, 0.5) is 0 Å². The lowest BCUT2D eigenvalue weighted by molar-refractivity contribution is 0.0698. The quantitative estimate of drug-likeness (QED) is 0.799. The van der Waals surface area contributed by atoms with Crippen molar-refractivity contribution in [3.8, 4) is 5.75 Å². The molecule has 1 heterocycles. The van der Waals surface area contributed by atoms with Crippen LogP contribution >= 0.6 is 11.6 Å². The number of amides is 1. The molecule has 2 aromatic carbocycles. The van der Waals surface area contributed by atoms with Gasteiger partial charge in [-0.25, -0.2) is 8.42 Å². The first-order chi connectivity index (χ1) is 12.4. The van der Waals surface area contributed by atoms with Crippen molar-refractivity contribution in [2.24, 2.45) is 0 Å². The predicted molar refractivity (Wildman–Crippen MR) is 99.1 cm³/mol. The number of carbonyl (C=O) groups excluding carboxylic acids is 1. The highest BCUT2D eigenvalue weighted by molar-refractivity contribution is 7.89. The molecule has 0 bridgehead atoms. The van der Waals surface area contributed by atoms with Gasteiger partial charge in [-0.2, -0.15) is 4.31 Å². The van der Waals surface area contributed by atoms with Gasteiger partial charge in [-0.05, 0) is 30.3 Å². The highest BCUT2D eigenvalue weighted by atomic mass is 35.5. The van der Waals surface area contributed by atoms with E-state index >= 15 is 0 Å².